The molecule has 0 saturated heterocycles. The van der Waals surface area contributed by atoms with Gasteiger partial charge in [0.25, 0.3) is 0 Å². The largest absolute Gasteiger partial charge is 0.352 e. The highest BCUT2D eigenvalue weighted by atomic mass is 16.2. The number of hydrogen-bond donors (Lipinski definition) is 1. The van der Waals surface area contributed by atoms with E-state index >= 15 is 0 Å². The van der Waals surface area contributed by atoms with Crippen LogP contribution in [-0.2, 0) is 37.3 Å². The maximum absolute atomic E-state index is 12.6. The minimum absolute atomic E-state index is 0.0359. The molecule has 3 rings (SSSR count). The zero-order valence-electron chi connectivity index (χ0n) is 18.2. The van der Waals surface area contributed by atoms with Gasteiger partial charge >= 0.3 is 5.69 Å². The van der Waals surface area contributed by atoms with Crippen molar-refractivity contribution in [1.29, 1.82) is 0 Å². The monoisotopic (exact) mass is 403 g/mol. The van der Waals surface area contributed by atoms with Crippen LogP contribution in [-0.4, -0.2) is 61.6 Å². The minimum Gasteiger partial charge on any atom is -0.352 e. The number of carbonyl (C=O) groups is 1. The van der Waals surface area contributed by atoms with Crippen LogP contribution >= 0.6 is 0 Å². The summed E-state index contributed by atoms with van der Waals surface area (Å²) in [6.45, 7) is 8.28. The summed E-state index contributed by atoms with van der Waals surface area (Å²) >= 11 is 0. The summed E-state index contributed by atoms with van der Waals surface area (Å²) in [5.41, 5.74) is 3.20. The molecule has 0 bridgehead atoms. The summed E-state index contributed by atoms with van der Waals surface area (Å²) < 4.78 is 5.10. The number of carbonyl (C=O) groups excluding carboxylic acids is 1. The Bertz CT molecular complexity index is 922. The smallest absolute Gasteiger partial charge is 0.345 e. The van der Waals surface area contributed by atoms with Crippen molar-refractivity contribution in [2.45, 2.75) is 72.1 Å². The molecule has 1 aliphatic rings. The lowest BCUT2D eigenvalue weighted by Gasteiger charge is -2.16. The molecule has 1 aliphatic heterocycles. The second-order valence-electron chi connectivity index (χ2n) is 8.13. The number of nitrogens with one attached hydrogen (secondary N) is 1. The molecule has 29 heavy (non-hydrogen) atoms. The van der Waals surface area contributed by atoms with E-state index in [4.69, 9.17) is 0 Å². The summed E-state index contributed by atoms with van der Waals surface area (Å²) in [4.78, 5) is 27.2. The average Bonchev–Trinajstić information content (AvgIpc) is 3.01. The predicted octanol–water partition coefficient (Wildman–Crippen LogP) is 0.503. The highest BCUT2D eigenvalue weighted by molar-refractivity contribution is 5.76. The van der Waals surface area contributed by atoms with Gasteiger partial charge in [-0.2, -0.15) is 10.2 Å². The van der Waals surface area contributed by atoms with Crippen molar-refractivity contribution in [1.82, 2.24) is 34.3 Å². The van der Waals surface area contributed by atoms with Crippen molar-refractivity contribution >= 4 is 5.91 Å². The fourth-order valence-electron chi connectivity index (χ4n) is 4.02. The molecule has 0 radical (unpaired) electrons. The Hall–Kier alpha value is -2.42. The maximum atomic E-state index is 12.6. The minimum atomic E-state index is -0.0523. The Morgan fingerprint density at radius 1 is 1.21 bits per heavy atom. The number of aromatic nitrogens is 5. The Balaban J connectivity index is 1.59. The molecular formula is C20H33N7O2. The van der Waals surface area contributed by atoms with Gasteiger partial charge in [0.05, 0.1) is 12.2 Å². The Labute approximate surface area is 171 Å². The molecule has 2 aromatic rings. The number of likely N-dealkylation sites (N-methyl/N-ethyl adjacent to an activating group) is 1. The molecule has 0 fully saturated rings. The van der Waals surface area contributed by atoms with Crippen LogP contribution < -0.4 is 11.0 Å². The van der Waals surface area contributed by atoms with Crippen molar-refractivity contribution in [2.24, 2.45) is 0 Å². The third-order valence-corrected chi connectivity index (χ3v) is 5.72. The van der Waals surface area contributed by atoms with Crippen LogP contribution in [0.25, 0.3) is 0 Å². The highest BCUT2D eigenvalue weighted by Gasteiger charge is 2.22. The first-order chi connectivity index (χ1) is 13.8. The molecule has 2 aromatic heterocycles. The van der Waals surface area contributed by atoms with Crippen LogP contribution in [0, 0.1) is 13.8 Å². The lowest BCUT2D eigenvalue weighted by Crippen LogP contribution is -2.38. The predicted molar refractivity (Wildman–Crippen MR) is 111 cm³/mol. The lowest BCUT2D eigenvalue weighted by molar-refractivity contribution is -0.122. The van der Waals surface area contributed by atoms with Gasteiger partial charge in [0.15, 0.2) is 0 Å². The first kappa shape index (κ1) is 21.3. The Morgan fingerprint density at radius 2 is 1.97 bits per heavy atom. The zero-order chi connectivity index (χ0) is 21.1. The van der Waals surface area contributed by atoms with Crippen molar-refractivity contribution in [3.8, 4) is 0 Å². The van der Waals surface area contributed by atoms with E-state index in [2.05, 4.69) is 22.4 Å². The quantitative estimate of drug-likeness (QED) is 0.727. The fourth-order valence-corrected chi connectivity index (χ4v) is 4.02. The Morgan fingerprint density at radius 3 is 2.62 bits per heavy atom. The summed E-state index contributed by atoms with van der Waals surface area (Å²) in [5.74, 6) is 0.780. The lowest BCUT2D eigenvalue weighted by atomic mass is 10.1. The number of hydrogen-bond acceptors (Lipinski definition) is 5. The molecule has 9 heteroatoms. The van der Waals surface area contributed by atoms with Gasteiger partial charge in [-0.25, -0.2) is 9.48 Å². The van der Waals surface area contributed by atoms with Gasteiger partial charge in [-0.15, -0.1) is 0 Å². The number of aryl methyl sites for hydroxylation is 2. The van der Waals surface area contributed by atoms with Crippen molar-refractivity contribution in [2.75, 3.05) is 20.6 Å². The summed E-state index contributed by atoms with van der Waals surface area (Å²) in [7, 11) is 3.96. The second kappa shape index (κ2) is 8.94. The molecule has 160 valence electrons. The van der Waals surface area contributed by atoms with Crippen molar-refractivity contribution < 1.29 is 4.79 Å². The zero-order valence-corrected chi connectivity index (χ0v) is 18.2. The molecule has 1 unspecified atom stereocenters. The van der Waals surface area contributed by atoms with Gasteiger partial charge in [0.2, 0.25) is 5.91 Å². The summed E-state index contributed by atoms with van der Waals surface area (Å²) in [5, 5.41) is 12.1. The van der Waals surface area contributed by atoms with Crippen LogP contribution in [0.5, 0.6) is 0 Å². The number of nitrogens with zero attached hydrogens (tertiary/aromatic N) is 6. The van der Waals surface area contributed by atoms with Crippen molar-refractivity contribution in [3.05, 3.63) is 33.3 Å². The first-order valence-corrected chi connectivity index (χ1v) is 10.4. The van der Waals surface area contributed by atoms with E-state index < -0.39 is 0 Å². The van der Waals surface area contributed by atoms with Crippen LogP contribution in [0.15, 0.2) is 4.79 Å². The normalized spacial score (nSPS) is 16.7. The molecule has 3 heterocycles. The summed E-state index contributed by atoms with van der Waals surface area (Å²) in [6, 6.07) is 0.0430. The van der Waals surface area contributed by atoms with E-state index in [0.717, 1.165) is 43.0 Å². The number of rotatable bonds is 7. The number of fused-ring (bicyclic) bond motifs is 1. The van der Waals surface area contributed by atoms with Gasteiger partial charge < -0.3 is 10.2 Å². The van der Waals surface area contributed by atoms with Gasteiger partial charge in [0, 0.05) is 31.2 Å². The highest BCUT2D eigenvalue weighted by Crippen LogP contribution is 2.14. The van der Waals surface area contributed by atoms with Crippen LogP contribution in [0.4, 0.5) is 0 Å². The topological polar surface area (TPSA) is 90.0 Å². The molecule has 9 nitrogen and oxygen atoms in total. The molecule has 0 aromatic carbocycles. The second-order valence-corrected chi connectivity index (χ2v) is 8.13. The van der Waals surface area contributed by atoms with Crippen LogP contribution in [0.3, 0.4) is 0 Å². The Kier molecular flexibility index (Phi) is 6.56. The SMILES string of the molecule is CCc1c(C)nn(CC(=O)NC2CCc3nn(CCN(C)C)c(=O)n3CC2)c1C. The van der Waals surface area contributed by atoms with Crippen molar-refractivity contribution in [3.63, 3.8) is 0 Å². The van der Waals surface area contributed by atoms with E-state index in [9.17, 15) is 9.59 Å². The molecule has 1 atom stereocenters. The first-order valence-electron chi connectivity index (χ1n) is 10.4. The van der Waals surface area contributed by atoms with E-state index in [-0.39, 0.29) is 24.2 Å². The average molecular weight is 404 g/mol. The molecule has 1 amide bonds. The van der Waals surface area contributed by atoms with Gasteiger partial charge in [0.1, 0.15) is 12.4 Å². The van der Waals surface area contributed by atoms with E-state index in [1.807, 2.05) is 32.8 Å². The third kappa shape index (κ3) is 4.77. The van der Waals surface area contributed by atoms with Crippen LogP contribution in [0.1, 0.15) is 42.5 Å². The van der Waals surface area contributed by atoms with Crippen LogP contribution in [0.2, 0.25) is 0 Å². The third-order valence-electron chi connectivity index (χ3n) is 5.72. The van der Waals surface area contributed by atoms with Gasteiger partial charge in [-0.05, 0) is 52.8 Å². The molecule has 0 spiro atoms. The summed E-state index contributed by atoms with van der Waals surface area (Å²) in [6.07, 6.45) is 3.12. The number of amides is 1. The molecule has 0 aliphatic carbocycles. The van der Waals surface area contributed by atoms with E-state index in [0.29, 0.717) is 19.5 Å². The van der Waals surface area contributed by atoms with Gasteiger partial charge in [-0.3, -0.25) is 14.0 Å². The fraction of sp³-hybridized carbons (Fsp3) is 0.700. The van der Waals surface area contributed by atoms with E-state index in [1.54, 1.807) is 13.9 Å². The molecular weight excluding hydrogens is 370 g/mol. The van der Waals surface area contributed by atoms with E-state index in [1.165, 1.54) is 5.56 Å². The maximum Gasteiger partial charge on any atom is 0.345 e. The molecule has 0 saturated carbocycles. The molecule has 1 N–H and O–H groups in total. The standard InChI is InChI=1S/C20H33N7O2/c1-6-17-14(2)22-27(15(17)3)13-19(28)21-16-7-8-18-23-26(12-11-24(4)5)20(29)25(18)10-9-16/h16H,6-13H2,1-5H3,(H,21,28). The van der Waals surface area contributed by atoms with Gasteiger partial charge in [-0.1, -0.05) is 6.92 Å².